The maximum Gasteiger partial charge on any atom is 0.387 e. The van der Waals surface area contributed by atoms with Gasteiger partial charge in [-0.05, 0) is 48.5 Å². The van der Waals surface area contributed by atoms with Gasteiger partial charge in [-0.15, -0.1) is 0 Å². The molecule has 0 bridgehead atoms. The fourth-order valence-corrected chi connectivity index (χ4v) is 2.62. The van der Waals surface area contributed by atoms with Crippen molar-refractivity contribution < 1.29 is 27.8 Å². The average molecular weight is 394 g/mol. The van der Waals surface area contributed by atoms with Gasteiger partial charge in [0.15, 0.2) is 11.5 Å². The van der Waals surface area contributed by atoms with Gasteiger partial charge < -0.3 is 19.5 Å². The number of benzene rings is 2. The molecule has 1 N–H and O–H groups in total. The zero-order valence-corrected chi connectivity index (χ0v) is 16.1. The quantitative estimate of drug-likeness (QED) is 0.665. The fraction of sp³-hybridized carbons (Fsp3) is 0.350. The molecule has 0 aliphatic carbocycles. The summed E-state index contributed by atoms with van der Waals surface area (Å²) < 4.78 is 39.5. The van der Waals surface area contributed by atoms with Crippen molar-refractivity contribution in [3.63, 3.8) is 0 Å². The predicted molar refractivity (Wildman–Crippen MR) is 102 cm³/mol. The van der Waals surface area contributed by atoms with Crippen LogP contribution in [-0.4, -0.2) is 44.7 Å². The van der Waals surface area contributed by atoms with E-state index in [1.54, 1.807) is 43.5 Å². The Morgan fingerprint density at radius 2 is 1.79 bits per heavy atom. The SMILES string of the molecule is CCN(CC(=O)Nc1ccc(OC)cc1)Cc1ccc(OC(F)F)c(OC)c1. The highest BCUT2D eigenvalue weighted by Gasteiger charge is 2.14. The van der Waals surface area contributed by atoms with Crippen molar-refractivity contribution in [1.29, 1.82) is 0 Å². The van der Waals surface area contributed by atoms with Crippen LogP contribution in [0.25, 0.3) is 0 Å². The average Bonchev–Trinajstić information content (AvgIpc) is 2.68. The van der Waals surface area contributed by atoms with Gasteiger partial charge in [-0.2, -0.15) is 8.78 Å². The molecule has 0 radical (unpaired) electrons. The molecule has 152 valence electrons. The number of rotatable bonds is 10. The minimum Gasteiger partial charge on any atom is -0.497 e. The molecule has 8 heteroatoms. The summed E-state index contributed by atoms with van der Waals surface area (Å²) in [5.41, 5.74) is 1.49. The van der Waals surface area contributed by atoms with Crippen molar-refractivity contribution in [3.8, 4) is 17.2 Å². The van der Waals surface area contributed by atoms with Gasteiger partial charge in [0.25, 0.3) is 0 Å². The number of carbonyl (C=O) groups excluding carboxylic acids is 1. The molecule has 0 heterocycles. The number of methoxy groups -OCH3 is 2. The van der Waals surface area contributed by atoms with Crippen LogP contribution in [0.5, 0.6) is 17.2 Å². The second kappa shape index (κ2) is 10.5. The Morgan fingerprint density at radius 1 is 1.07 bits per heavy atom. The van der Waals surface area contributed by atoms with Crippen LogP contribution < -0.4 is 19.5 Å². The van der Waals surface area contributed by atoms with Gasteiger partial charge >= 0.3 is 6.61 Å². The van der Waals surface area contributed by atoms with Crippen molar-refractivity contribution in [3.05, 3.63) is 48.0 Å². The zero-order chi connectivity index (χ0) is 20.5. The van der Waals surface area contributed by atoms with Crippen LogP contribution in [0.1, 0.15) is 12.5 Å². The van der Waals surface area contributed by atoms with Crippen LogP contribution in [0.2, 0.25) is 0 Å². The van der Waals surface area contributed by atoms with Gasteiger partial charge in [0.05, 0.1) is 20.8 Å². The lowest BCUT2D eigenvalue weighted by molar-refractivity contribution is -0.117. The standard InChI is InChI=1S/C20H24F2N2O4/c1-4-24(13-19(25)23-15-6-8-16(26-2)9-7-15)12-14-5-10-17(28-20(21)22)18(11-14)27-3/h5-11,20H,4,12-13H2,1-3H3,(H,23,25). The molecule has 28 heavy (non-hydrogen) atoms. The number of halogens is 2. The van der Waals surface area contributed by atoms with Gasteiger partial charge in [-0.25, -0.2) is 0 Å². The van der Waals surface area contributed by atoms with E-state index in [0.717, 1.165) is 5.56 Å². The molecular formula is C20H24F2N2O4. The van der Waals surface area contributed by atoms with E-state index in [1.807, 2.05) is 11.8 Å². The molecule has 6 nitrogen and oxygen atoms in total. The van der Waals surface area contributed by atoms with E-state index < -0.39 is 6.61 Å². The molecule has 0 aliphatic heterocycles. The molecule has 2 rings (SSSR count). The number of anilines is 1. The second-order valence-corrected chi connectivity index (χ2v) is 5.94. The third kappa shape index (κ3) is 6.38. The van der Waals surface area contributed by atoms with E-state index in [1.165, 1.54) is 13.2 Å². The summed E-state index contributed by atoms with van der Waals surface area (Å²) >= 11 is 0. The lowest BCUT2D eigenvalue weighted by atomic mass is 10.2. The van der Waals surface area contributed by atoms with Gasteiger partial charge in [0.2, 0.25) is 5.91 Å². The van der Waals surface area contributed by atoms with Crippen LogP contribution in [0.15, 0.2) is 42.5 Å². The lowest BCUT2D eigenvalue weighted by Gasteiger charge is -2.21. The highest BCUT2D eigenvalue weighted by molar-refractivity contribution is 5.92. The zero-order valence-electron chi connectivity index (χ0n) is 16.1. The number of likely N-dealkylation sites (N-methyl/N-ethyl adjacent to an activating group) is 1. The van der Waals surface area contributed by atoms with E-state index in [4.69, 9.17) is 9.47 Å². The normalized spacial score (nSPS) is 10.8. The largest absolute Gasteiger partial charge is 0.497 e. The number of nitrogens with one attached hydrogen (secondary N) is 1. The number of hydrogen-bond donors (Lipinski definition) is 1. The van der Waals surface area contributed by atoms with Gasteiger partial charge in [0.1, 0.15) is 5.75 Å². The molecular weight excluding hydrogens is 370 g/mol. The molecule has 1 amide bonds. The first-order chi connectivity index (χ1) is 13.4. The maximum atomic E-state index is 12.4. The van der Waals surface area contributed by atoms with Gasteiger partial charge in [-0.3, -0.25) is 9.69 Å². The topological polar surface area (TPSA) is 60.0 Å². The number of ether oxygens (including phenoxy) is 3. The summed E-state index contributed by atoms with van der Waals surface area (Å²) in [5, 5.41) is 2.83. The Morgan fingerprint density at radius 3 is 2.36 bits per heavy atom. The van der Waals surface area contributed by atoms with E-state index in [2.05, 4.69) is 10.1 Å². The summed E-state index contributed by atoms with van der Waals surface area (Å²) in [4.78, 5) is 14.2. The molecule has 2 aromatic carbocycles. The third-order valence-electron chi connectivity index (χ3n) is 4.04. The second-order valence-electron chi connectivity index (χ2n) is 5.94. The van der Waals surface area contributed by atoms with Gasteiger partial charge in [-0.1, -0.05) is 13.0 Å². The molecule has 0 atom stereocenters. The Balaban J connectivity index is 1.98. The summed E-state index contributed by atoms with van der Waals surface area (Å²) in [7, 11) is 2.96. The van der Waals surface area contributed by atoms with Crippen molar-refractivity contribution in [2.75, 3.05) is 32.6 Å². The highest BCUT2D eigenvalue weighted by Crippen LogP contribution is 2.29. The molecule has 0 saturated carbocycles. The summed E-state index contributed by atoms with van der Waals surface area (Å²) in [5.74, 6) is 0.746. The molecule has 0 saturated heterocycles. The first-order valence-electron chi connectivity index (χ1n) is 8.73. The molecule has 0 unspecified atom stereocenters. The Kier molecular flexibility index (Phi) is 8.01. The number of amides is 1. The van der Waals surface area contributed by atoms with E-state index in [0.29, 0.717) is 24.5 Å². The van der Waals surface area contributed by atoms with Gasteiger partial charge in [0, 0.05) is 12.2 Å². The van der Waals surface area contributed by atoms with E-state index in [9.17, 15) is 13.6 Å². The lowest BCUT2D eigenvalue weighted by Crippen LogP contribution is -2.32. The fourth-order valence-electron chi connectivity index (χ4n) is 2.62. The van der Waals surface area contributed by atoms with Crippen molar-refractivity contribution >= 4 is 11.6 Å². The number of carbonyl (C=O) groups is 1. The summed E-state index contributed by atoms with van der Waals surface area (Å²) in [6, 6.07) is 11.8. The molecule has 0 fully saturated rings. The first-order valence-corrected chi connectivity index (χ1v) is 8.73. The number of hydrogen-bond acceptors (Lipinski definition) is 5. The van der Waals surface area contributed by atoms with Crippen LogP contribution in [0, 0.1) is 0 Å². The number of alkyl halides is 2. The molecule has 0 spiro atoms. The van der Waals surface area contributed by atoms with Crippen LogP contribution in [0.4, 0.5) is 14.5 Å². The predicted octanol–water partition coefficient (Wildman–Crippen LogP) is 3.77. The van der Waals surface area contributed by atoms with Crippen molar-refractivity contribution in [2.24, 2.45) is 0 Å². The van der Waals surface area contributed by atoms with Crippen LogP contribution in [0.3, 0.4) is 0 Å². The maximum absolute atomic E-state index is 12.4. The Labute approximate surface area is 163 Å². The van der Waals surface area contributed by atoms with E-state index >= 15 is 0 Å². The third-order valence-corrected chi connectivity index (χ3v) is 4.04. The Bertz CT molecular complexity index is 769. The van der Waals surface area contributed by atoms with E-state index in [-0.39, 0.29) is 24.0 Å². The molecule has 0 aromatic heterocycles. The molecule has 2 aromatic rings. The monoisotopic (exact) mass is 394 g/mol. The first kappa shape index (κ1) is 21.4. The van der Waals surface area contributed by atoms with Crippen molar-refractivity contribution in [1.82, 2.24) is 4.90 Å². The van der Waals surface area contributed by atoms with Crippen molar-refractivity contribution in [2.45, 2.75) is 20.1 Å². The minimum absolute atomic E-state index is 0.0263. The number of nitrogens with zero attached hydrogens (tertiary/aromatic N) is 1. The van der Waals surface area contributed by atoms with Crippen LogP contribution in [-0.2, 0) is 11.3 Å². The highest BCUT2D eigenvalue weighted by atomic mass is 19.3. The minimum atomic E-state index is -2.92. The Hall–Kier alpha value is -2.87. The summed E-state index contributed by atoms with van der Waals surface area (Å²) in [6.07, 6.45) is 0. The van der Waals surface area contributed by atoms with Crippen LogP contribution >= 0.6 is 0 Å². The smallest absolute Gasteiger partial charge is 0.387 e. The molecule has 0 aliphatic rings. The summed E-state index contributed by atoms with van der Waals surface area (Å²) in [6.45, 7) is 0.283.